The van der Waals surface area contributed by atoms with E-state index in [-0.39, 0.29) is 23.3 Å². The number of carbonyl (C=O) groups is 5. The highest BCUT2D eigenvalue weighted by atomic mass is 32.3. The minimum Gasteiger partial charge on any atom is -0.467 e. The van der Waals surface area contributed by atoms with Crippen LogP contribution < -0.4 is 5.32 Å². The Kier molecular flexibility index (Phi) is 15.7. The molecule has 0 bridgehead atoms. The quantitative estimate of drug-likeness (QED) is 0.0830. The molecule has 6 rings (SSSR count). The summed E-state index contributed by atoms with van der Waals surface area (Å²) in [6.07, 6.45) is -17.0. The summed E-state index contributed by atoms with van der Waals surface area (Å²) in [6, 6.07) is 29.7. The average Bonchev–Trinajstić information content (AvgIpc) is 3.28. The monoisotopic (exact) mass is 893 g/mol. The molecule has 63 heavy (non-hydrogen) atoms. The SMILES string of the molecule is COC(=O)[C@H]1O[C@@H](O[C@H]2[C@@H](O)[C@@H](COS(=O)(=O)O)OC(OCc3ccccc3)[C@@H]2NC(C)=O)[C@H](OC(=O)c2ccccc2)[C@@H](OC(=O)c2ccccc2)[C@@H]1OC(=O)c1ccccc1. The molecule has 2 aliphatic heterocycles. The highest BCUT2D eigenvalue weighted by Gasteiger charge is 2.58. The van der Waals surface area contributed by atoms with E-state index in [4.69, 9.17) is 37.9 Å². The van der Waals surface area contributed by atoms with Gasteiger partial charge < -0.3 is 48.3 Å². The van der Waals surface area contributed by atoms with E-state index in [0.717, 1.165) is 14.0 Å². The molecule has 0 aromatic heterocycles. The maximum absolute atomic E-state index is 13.9. The second-order valence-corrected chi connectivity index (χ2v) is 15.1. The largest absolute Gasteiger partial charge is 0.467 e. The van der Waals surface area contributed by atoms with Crippen LogP contribution in [-0.4, -0.2) is 123 Å². The molecule has 1 unspecified atom stereocenters. The van der Waals surface area contributed by atoms with E-state index in [9.17, 15) is 42.0 Å². The molecule has 10 atom stereocenters. The predicted octanol–water partition coefficient (Wildman–Crippen LogP) is 2.57. The minimum absolute atomic E-state index is 0.00799. The number of esters is 4. The summed E-state index contributed by atoms with van der Waals surface area (Å²) in [4.78, 5) is 68.0. The molecule has 2 heterocycles. The molecule has 19 nitrogen and oxygen atoms in total. The van der Waals surface area contributed by atoms with Crippen molar-refractivity contribution in [1.29, 1.82) is 0 Å². The number of hydrogen-bond acceptors (Lipinski definition) is 17. The van der Waals surface area contributed by atoms with Crippen LogP contribution in [0.25, 0.3) is 0 Å². The van der Waals surface area contributed by atoms with E-state index in [1.165, 1.54) is 60.7 Å². The summed E-state index contributed by atoms with van der Waals surface area (Å²) in [5.41, 5.74) is 0.605. The van der Waals surface area contributed by atoms with Crippen molar-refractivity contribution >= 4 is 40.2 Å². The number of aliphatic hydroxyl groups excluding tert-OH is 1. The molecule has 334 valence electrons. The number of aliphatic hydroxyl groups is 1. The summed E-state index contributed by atoms with van der Waals surface area (Å²) >= 11 is 0. The molecule has 0 aliphatic carbocycles. The average molecular weight is 894 g/mol. The molecule has 2 saturated heterocycles. The number of carbonyl (C=O) groups excluding carboxylic acids is 5. The number of hydrogen-bond donors (Lipinski definition) is 3. The number of methoxy groups -OCH3 is 1. The van der Waals surface area contributed by atoms with Crippen molar-refractivity contribution in [3.8, 4) is 0 Å². The van der Waals surface area contributed by atoms with E-state index < -0.39 is 108 Å². The van der Waals surface area contributed by atoms with Gasteiger partial charge in [0.15, 0.2) is 37.0 Å². The minimum atomic E-state index is -5.11. The Balaban J connectivity index is 1.46. The van der Waals surface area contributed by atoms with E-state index in [0.29, 0.717) is 5.56 Å². The Bertz CT molecular complexity index is 2290. The van der Waals surface area contributed by atoms with Gasteiger partial charge in [0.05, 0.1) is 37.0 Å². The fourth-order valence-electron chi connectivity index (χ4n) is 6.72. The molecule has 0 radical (unpaired) electrons. The predicted molar refractivity (Wildman–Crippen MR) is 213 cm³/mol. The van der Waals surface area contributed by atoms with E-state index in [1.54, 1.807) is 60.7 Å². The third kappa shape index (κ3) is 12.3. The first-order chi connectivity index (χ1) is 30.2. The van der Waals surface area contributed by atoms with E-state index in [1.807, 2.05) is 0 Å². The third-order valence-electron chi connectivity index (χ3n) is 9.66. The fourth-order valence-corrected chi connectivity index (χ4v) is 7.03. The van der Waals surface area contributed by atoms with Crippen molar-refractivity contribution in [1.82, 2.24) is 5.32 Å². The van der Waals surface area contributed by atoms with Gasteiger partial charge >= 0.3 is 34.3 Å². The smallest absolute Gasteiger partial charge is 0.397 e. The van der Waals surface area contributed by atoms with Gasteiger partial charge in [-0.15, -0.1) is 0 Å². The molecular weight excluding hydrogens is 851 g/mol. The van der Waals surface area contributed by atoms with Gasteiger partial charge in [0.25, 0.3) is 0 Å². The molecule has 20 heteroatoms. The Hall–Kier alpha value is -6.10. The lowest BCUT2D eigenvalue weighted by Gasteiger charge is -2.48. The number of rotatable bonds is 16. The normalized spacial score (nSPS) is 25.8. The van der Waals surface area contributed by atoms with Gasteiger partial charge in [-0.2, -0.15) is 8.42 Å². The van der Waals surface area contributed by atoms with Crippen LogP contribution in [0.2, 0.25) is 0 Å². The maximum Gasteiger partial charge on any atom is 0.397 e. The van der Waals surface area contributed by atoms with Crippen molar-refractivity contribution in [2.45, 2.75) is 74.9 Å². The first-order valence-electron chi connectivity index (χ1n) is 19.3. The summed E-state index contributed by atoms with van der Waals surface area (Å²) in [7, 11) is -4.12. The van der Waals surface area contributed by atoms with Gasteiger partial charge in [-0.1, -0.05) is 84.9 Å². The maximum atomic E-state index is 13.9. The fraction of sp³-hybridized carbons (Fsp3) is 0.326. The molecule has 1 amide bonds. The van der Waals surface area contributed by atoms with Crippen LogP contribution in [0.3, 0.4) is 0 Å². The van der Waals surface area contributed by atoms with E-state index in [2.05, 4.69) is 9.50 Å². The van der Waals surface area contributed by atoms with Gasteiger partial charge in [0.2, 0.25) is 5.91 Å². The molecule has 2 fully saturated rings. The van der Waals surface area contributed by atoms with Gasteiger partial charge in [-0.25, -0.2) is 23.4 Å². The van der Waals surface area contributed by atoms with Crippen molar-refractivity contribution in [2.75, 3.05) is 13.7 Å². The standard InChI is InChI=1S/C43H43NO18S/c1-25(45)44-31-33(32(46)30(24-56-63(51,52)53)57-42(31)55-23-26-15-7-3-8-16-26)61-43-37(60-40(49)29-21-13-6-14-22-29)35(59-39(48)28-19-11-5-12-20-28)34(36(62-43)41(50)54-2)58-38(47)27-17-9-4-10-18-27/h3-22,30-37,42-43,46H,23-24H2,1-2H3,(H,44,45)(H,51,52,53)/t30-,31-,32+,33-,34+,35+,36+,37-,42?,43-/m1/s1. The number of benzene rings is 4. The van der Waals surface area contributed by atoms with Crippen LogP contribution in [0, 0.1) is 0 Å². The summed E-state index contributed by atoms with van der Waals surface area (Å²) in [5.74, 6) is -4.98. The molecule has 3 N–H and O–H groups in total. The Morgan fingerprint density at radius 2 is 1.13 bits per heavy atom. The Morgan fingerprint density at radius 1 is 0.651 bits per heavy atom. The van der Waals surface area contributed by atoms with Crippen LogP contribution in [0.1, 0.15) is 43.6 Å². The van der Waals surface area contributed by atoms with Crippen LogP contribution in [-0.2, 0) is 68.7 Å². The second kappa shape index (κ2) is 21.3. The lowest BCUT2D eigenvalue weighted by atomic mass is 9.94. The number of nitrogens with one attached hydrogen (secondary N) is 1. The lowest BCUT2D eigenvalue weighted by molar-refractivity contribution is -0.339. The molecule has 4 aromatic carbocycles. The molecule has 2 aliphatic rings. The molecular formula is C43H43NO18S. The zero-order valence-electron chi connectivity index (χ0n) is 33.6. The second-order valence-electron chi connectivity index (χ2n) is 14.0. The first-order valence-corrected chi connectivity index (χ1v) is 20.6. The summed E-state index contributed by atoms with van der Waals surface area (Å²) in [5, 5.41) is 14.4. The summed E-state index contributed by atoms with van der Waals surface area (Å²) in [6.45, 7) is -0.0515. The highest BCUT2D eigenvalue weighted by Crippen LogP contribution is 2.35. The first kappa shape index (κ1) is 46.4. The van der Waals surface area contributed by atoms with Crippen LogP contribution in [0.15, 0.2) is 121 Å². The third-order valence-corrected chi connectivity index (χ3v) is 10.1. The van der Waals surface area contributed by atoms with Crippen molar-refractivity contribution in [3.63, 3.8) is 0 Å². The zero-order valence-corrected chi connectivity index (χ0v) is 34.4. The zero-order chi connectivity index (χ0) is 45.1. The lowest BCUT2D eigenvalue weighted by Crippen LogP contribution is -2.69. The van der Waals surface area contributed by atoms with Gasteiger partial charge in [-0.05, 0) is 42.0 Å². The highest BCUT2D eigenvalue weighted by molar-refractivity contribution is 7.80. The number of amides is 1. The van der Waals surface area contributed by atoms with Crippen LogP contribution in [0.4, 0.5) is 0 Å². The molecule has 0 spiro atoms. The van der Waals surface area contributed by atoms with E-state index >= 15 is 0 Å². The topological polar surface area (TPSA) is 255 Å². The van der Waals surface area contributed by atoms with Gasteiger partial charge in [0.1, 0.15) is 24.4 Å². The molecule has 4 aromatic rings. The Labute approximate surface area is 361 Å². The van der Waals surface area contributed by atoms with Crippen molar-refractivity contribution < 1.29 is 84.1 Å². The molecule has 0 saturated carbocycles. The number of ether oxygens (including phenoxy) is 8. The van der Waals surface area contributed by atoms with Crippen molar-refractivity contribution in [2.24, 2.45) is 0 Å². The Morgan fingerprint density at radius 3 is 1.60 bits per heavy atom. The van der Waals surface area contributed by atoms with Crippen LogP contribution in [0.5, 0.6) is 0 Å². The summed E-state index contributed by atoms with van der Waals surface area (Å²) < 4.78 is 84.7. The van der Waals surface area contributed by atoms with Gasteiger partial charge in [-0.3, -0.25) is 9.35 Å². The van der Waals surface area contributed by atoms with Crippen molar-refractivity contribution in [3.05, 3.63) is 144 Å². The van der Waals surface area contributed by atoms with Gasteiger partial charge in [0, 0.05) is 6.92 Å². The van der Waals surface area contributed by atoms with Crippen LogP contribution >= 0.6 is 0 Å².